The van der Waals surface area contributed by atoms with Crippen molar-refractivity contribution in [3.8, 4) is 0 Å². The molecule has 158 valence electrons. The average molecular weight is 417 g/mol. The molecule has 0 spiro atoms. The molecule has 7 heteroatoms. The molecule has 29 heavy (non-hydrogen) atoms. The van der Waals surface area contributed by atoms with E-state index in [1.165, 1.54) is 0 Å². The van der Waals surface area contributed by atoms with E-state index in [1.54, 1.807) is 6.21 Å². The minimum absolute atomic E-state index is 0.115. The fourth-order valence-electron chi connectivity index (χ4n) is 3.03. The number of hydrogen-bond acceptors (Lipinski definition) is 5. The van der Waals surface area contributed by atoms with Crippen molar-refractivity contribution in [2.45, 2.75) is 33.2 Å². The lowest BCUT2D eigenvalue weighted by molar-refractivity contribution is -0.776. The Morgan fingerprint density at radius 1 is 0.897 bits per heavy atom. The van der Waals surface area contributed by atoms with Crippen LogP contribution in [-0.2, 0) is 13.3 Å². The van der Waals surface area contributed by atoms with Gasteiger partial charge in [-0.3, -0.25) is 4.99 Å². The van der Waals surface area contributed by atoms with Crippen LogP contribution in [0.5, 0.6) is 0 Å². The molecule has 0 heterocycles. The van der Waals surface area contributed by atoms with E-state index in [4.69, 9.17) is 13.3 Å². The maximum atomic E-state index is 12.6. The van der Waals surface area contributed by atoms with Gasteiger partial charge in [0.15, 0.2) is 0 Å². The van der Waals surface area contributed by atoms with Crippen molar-refractivity contribution >= 4 is 26.4 Å². The van der Waals surface area contributed by atoms with Crippen LogP contribution in [0.3, 0.4) is 0 Å². The van der Waals surface area contributed by atoms with Crippen LogP contribution in [0.4, 0.5) is 11.4 Å². The van der Waals surface area contributed by atoms with Gasteiger partial charge in [-0.05, 0) is 62.7 Å². The summed E-state index contributed by atoms with van der Waals surface area (Å²) in [6.45, 7) is 7.90. The number of rotatable bonds is 13. The average Bonchev–Trinajstić information content (AvgIpc) is 2.74. The molecular formula is C22H32N2O4Si. The summed E-state index contributed by atoms with van der Waals surface area (Å²) >= 11 is 0. The smallest absolute Gasteiger partial charge is 0.501 e. The monoisotopic (exact) mass is 416 g/mol. The molecule has 6 nitrogen and oxygen atoms in total. The highest BCUT2D eigenvalue weighted by Gasteiger charge is 2.39. The van der Waals surface area contributed by atoms with Crippen molar-refractivity contribution in [2.24, 2.45) is 4.99 Å². The Labute approximate surface area is 175 Å². The number of nitrogens with zero attached hydrogens (tertiary/aromatic N) is 1. The molecule has 1 unspecified atom stereocenters. The first kappa shape index (κ1) is 23.4. The summed E-state index contributed by atoms with van der Waals surface area (Å²) < 4.78 is 17.5. The Morgan fingerprint density at radius 2 is 1.48 bits per heavy atom. The van der Waals surface area contributed by atoms with Crippen molar-refractivity contribution in [1.29, 1.82) is 0 Å². The zero-order valence-electron chi connectivity index (χ0n) is 17.6. The largest absolute Gasteiger partial charge is 0.629 e. The van der Waals surface area contributed by atoms with E-state index >= 15 is 0 Å². The Balaban J connectivity index is 1.89. The molecule has 0 aromatic heterocycles. The molecule has 0 saturated carbocycles. The summed E-state index contributed by atoms with van der Waals surface area (Å²) in [4.78, 5) is 4.43. The highest BCUT2D eigenvalue weighted by molar-refractivity contribution is 6.60. The number of aliphatic imine (C=N–C) groups is 1. The topological polar surface area (TPSA) is 67.6 Å². The third-order valence-electron chi connectivity index (χ3n) is 4.33. The second-order valence-electron chi connectivity index (χ2n) is 6.47. The molecule has 0 aliphatic rings. The second-order valence-corrected chi connectivity index (χ2v) is 9.21. The summed E-state index contributed by atoms with van der Waals surface area (Å²) in [5, 5.41) is 12.7. The zero-order valence-corrected chi connectivity index (χ0v) is 18.6. The molecule has 2 rings (SSSR count). The Kier molecular flexibility index (Phi) is 10.2. The minimum atomic E-state index is -2.68. The molecule has 2 aromatic rings. The van der Waals surface area contributed by atoms with Gasteiger partial charge in [-0.2, -0.15) is 0 Å². The molecule has 0 aliphatic carbocycles. The van der Waals surface area contributed by atoms with Gasteiger partial charge in [0, 0.05) is 38.5 Å². The summed E-state index contributed by atoms with van der Waals surface area (Å²) in [7, 11) is -2.68. The summed E-state index contributed by atoms with van der Waals surface area (Å²) in [6.07, 6.45) is 2.48. The SMILES string of the molecule is CCO[Si](CCC[NH+]([O-])c1ccc(C=Nc2ccccc2)cc1)(OCC)OCC. The van der Waals surface area contributed by atoms with Gasteiger partial charge in [-0.25, -0.2) is 0 Å². The lowest BCUT2D eigenvalue weighted by atomic mass is 10.2. The fourth-order valence-corrected chi connectivity index (χ4v) is 5.64. The Morgan fingerprint density at radius 3 is 2.03 bits per heavy atom. The van der Waals surface area contributed by atoms with E-state index in [9.17, 15) is 5.21 Å². The summed E-state index contributed by atoms with van der Waals surface area (Å²) in [5.74, 6) is 0. The first-order valence-electron chi connectivity index (χ1n) is 10.3. The van der Waals surface area contributed by atoms with Gasteiger partial charge in [0.25, 0.3) is 0 Å². The van der Waals surface area contributed by atoms with Crippen molar-refractivity contribution in [3.63, 3.8) is 0 Å². The van der Waals surface area contributed by atoms with Crippen LogP contribution in [0.25, 0.3) is 0 Å². The molecule has 2 aromatic carbocycles. The van der Waals surface area contributed by atoms with Gasteiger partial charge in [0.05, 0.1) is 12.2 Å². The Hall–Kier alpha value is -1.87. The van der Waals surface area contributed by atoms with Crippen LogP contribution in [-0.4, -0.2) is 41.4 Å². The van der Waals surface area contributed by atoms with Gasteiger partial charge in [0.1, 0.15) is 5.69 Å². The highest BCUT2D eigenvalue weighted by Crippen LogP contribution is 2.18. The molecule has 0 radical (unpaired) electrons. The molecule has 0 fully saturated rings. The van der Waals surface area contributed by atoms with E-state index < -0.39 is 8.80 Å². The van der Waals surface area contributed by atoms with Crippen LogP contribution in [0, 0.1) is 5.21 Å². The van der Waals surface area contributed by atoms with Gasteiger partial charge < -0.3 is 23.5 Å². The van der Waals surface area contributed by atoms with Crippen LogP contribution < -0.4 is 5.06 Å². The van der Waals surface area contributed by atoms with Crippen LogP contribution >= 0.6 is 0 Å². The number of para-hydroxylation sites is 1. The number of hydroxylamine groups is 1. The number of nitrogens with one attached hydrogen (secondary N) is 1. The van der Waals surface area contributed by atoms with Crippen molar-refractivity contribution < 1.29 is 18.3 Å². The first-order chi connectivity index (χ1) is 14.1. The maximum Gasteiger partial charge on any atom is 0.501 e. The van der Waals surface area contributed by atoms with Gasteiger partial charge in [-0.1, -0.05) is 18.2 Å². The molecule has 0 aliphatic heterocycles. The molecular weight excluding hydrogens is 384 g/mol. The number of quaternary nitrogens is 1. The third-order valence-corrected chi connectivity index (χ3v) is 7.48. The van der Waals surface area contributed by atoms with E-state index in [-0.39, 0.29) is 5.06 Å². The normalized spacial score (nSPS) is 13.1. The number of hydrogen-bond donors (Lipinski definition) is 1. The van der Waals surface area contributed by atoms with Crippen molar-refractivity contribution in [1.82, 2.24) is 0 Å². The van der Waals surface area contributed by atoms with E-state index in [1.807, 2.05) is 75.4 Å². The summed E-state index contributed by atoms with van der Waals surface area (Å²) in [5.41, 5.74) is 2.57. The van der Waals surface area contributed by atoms with E-state index in [0.717, 1.165) is 11.3 Å². The highest BCUT2D eigenvalue weighted by atomic mass is 28.4. The van der Waals surface area contributed by atoms with Crippen molar-refractivity contribution in [3.05, 3.63) is 65.4 Å². The third kappa shape index (κ3) is 7.81. The zero-order chi connectivity index (χ0) is 21.0. The van der Waals surface area contributed by atoms with Gasteiger partial charge in [-0.15, -0.1) is 0 Å². The van der Waals surface area contributed by atoms with E-state index in [2.05, 4.69) is 4.99 Å². The summed E-state index contributed by atoms with van der Waals surface area (Å²) in [6, 6.07) is 18.0. The number of benzene rings is 2. The lowest BCUT2D eigenvalue weighted by Crippen LogP contribution is -3.02. The van der Waals surface area contributed by atoms with Crippen LogP contribution in [0.2, 0.25) is 6.04 Å². The fraction of sp³-hybridized carbons (Fsp3) is 0.409. The Bertz CT molecular complexity index is 708. The predicted octanol–water partition coefficient (Wildman–Crippen LogP) is 3.89. The predicted molar refractivity (Wildman–Crippen MR) is 119 cm³/mol. The second kappa shape index (κ2) is 12.6. The molecule has 1 N–H and O–H groups in total. The van der Waals surface area contributed by atoms with Gasteiger partial charge >= 0.3 is 8.80 Å². The molecule has 0 amide bonds. The van der Waals surface area contributed by atoms with Gasteiger partial charge in [0.2, 0.25) is 0 Å². The maximum absolute atomic E-state index is 12.6. The van der Waals surface area contributed by atoms with E-state index in [0.29, 0.717) is 44.5 Å². The molecule has 1 atom stereocenters. The minimum Gasteiger partial charge on any atom is -0.629 e. The lowest BCUT2D eigenvalue weighted by Gasteiger charge is -2.29. The molecule has 0 bridgehead atoms. The molecule has 0 saturated heterocycles. The quantitative estimate of drug-likeness (QED) is 0.306. The van der Waals surface area contributed by atoms with Crippen molar-refractivity contribution in [2.75, 3.05) is 26.4 Å². The van der Waals surface area contributed by atoms with Crippen LogP contribution in [0.1, 0.15) is 32.8 Å². The van der Waals surface area contributed by atoms with Crippen LogP contribution in [0.15, 0.2) is 59.6 Å². The standard InChI is InChI=1S/C22H32N2O4Si/c1-4-26-29(27-5-2,28-6-3)18-10-17-24(25)22-15-13-20(14-16-22)19-23-21-11-8-7-9-12-21/h7-9,11-16,19,24H,4-6,10,17-18H2,1-3H3. The first-order valence-corrected chi connectivity index (χ1v) is 12.2.